The van der Waals surface area contributed by atoms with E-state index in [9.17, 15) is 9.59 Å². The van der Waals surface area contributed by atoms with Crippen molar-refractivity contribution < 1.29 is 14.3 Å². The van der Waals surface area contributed by atoms with Crippen molar-refractivity contribution in [2.45, 2.75) is 26.2 Å². The monoisotopic (exact) mass is 422 g/mol. The van der Waals surface area contributed by atoms with E-state index >= 15 is 0 Å². The first kappa shape index (κ1) is 17.9. The Kier molecular flexibility index (Phi) is 5.15. The summed E-state index contributed by atoms with van der Waals surface area (Å²) in [5, 5.41) is 3.41. The fourth-order valence-corrected chi connectivity index (χ4v) is 5.03. The van der Waals surface area contributed by atoms with Gasteiger partial charge in [-0.05, 0) is 64.9 Å². The number of halogens is 1. The maximum atomic E-state index is 12.6. The first-order valence-corrected chi connectivity index (χ1v) is 9.61. The topological polar surface area (TPSA) is 81.4 Å². The summed E-state index contributed by atoms with van der Waals surface area (Å²) in [5.41, 5.74) is 7.53. The maximum absolute atomic E-state index is 12.6. The summed E-state index contributed by atoms with van der Waals surface area (Å²) in [4.78, 5) is 25.7. The number of hydrogen-bond donors (Lipinski definition) is 2. The predicted molar refractivity (Wildman–Crippen MR) is 103 cm³/mol. The molecule has 0 radical (unpaired) electrons. The molecule has 0 saturated carbocycles. The lowest BCUT2D eigenvalue weighted by atomic mass is 9.88. The number of thiophene rings is 1. The lowest BCUT2D eigenvalue weighted by Gasteiger charge is -2.18. The number of primary amides is 1. The minimum absolute atomic E-state index is 0.280. The maximum Gasteiger partial charge on any atom is 0.256 e. The summed E-state index contributed by atoms with van der Waals surface area (Å²) in [6, 6.07) is 5.08. The van der Waals surface area contributed by atoms with Crippen molar-refractivity contribution >= 4 is 44.1 Å². The molecular weight excluding hydrogens is 404 g/mol. The molecule has 132 valence electrons. The van der Waals surface area contributed by atoms with E-state index < -0.39 is 5.91 Å². The van der Waals surface area contributed by atoms with Gasteiger partial charge >= 0.3 is 0 Å². The normalized spacial score (nSPS) is 16.2. The number of nitrogens with one attached hydrogen (secondary N) is 1. The van der Waals surface area contributed by atoms with Crippen LogP contribution in [0.3, 0.4) is 0 Å². The van der Waals surface area contributed by atoms with Gasteiger partial charge in [0.2, 0.25) is 0 Å². The number of carbonyl (C=O) groups excluding carboxylic acids is 2. The van der Waals surface area contributed by atoms with Gasteiger partial charge in [0, 0.05) is 10.4 Å². The van der Waals surface area contributed by atoms with Gasteiger partial charge in [-0.15, -0.1) is 11.3 Å². The van der Waals surface area contributed by atoms with Gasteiger partial charge < -0.3 is 15.8 Å². The quantitative estimate of drug-likeness (QED) is 0.780. The van der Waals surface area contributed by atoms with Crippen molar-refractivity contribution in [2.24, 2.45) is 11.7 Å². The third kappa shape index (κ3) is 3.57. The molecule has 5 nitrogen and oxygen atoms in total. The molecular formula is C18H19BrN2O3S. The van der Waals surface area contributed by atoms with Crippen molar-refractivity contribution in [3.8, 4) is 5.75 Å². The number of methoxy groups -OCH3 is 1. The van der Waals surface area contributed by atoms with Crippen molar-refractivity contribution in [1.82, 2.24) is 0 Å². The van der Waals surface area contributed by atoms with Gasteiger partial charge in [-0.2, -0.15) is 0 Å². The molecule has 3 N–H and O–H groups in total. The highest BCUT2D eigenvalue weighted by Gasteiger charge is 2.27. The molecule has 7 heteroatoms. The van der Waals surface area contributed by atoms with E-state index in [-0.39, 0.29) is 5.91 Å². The highest BCUT2D eigenvalue weighted by atomic mass is 79.9. The molecule has 0 bridgehead atoms. The van der Waals surface area contributed by atoms with Crippen LogP contribution in [0.4, 0.5) is 5.00 Å². The third-order valence-corrected chi connectivity index (χ3v) is 6.19. The van der Waals surface area contributed by atoms with Crippen LogP contribution in [-0.4, -0.2) is 18.9 Å². The highest BCUT2D eigenvalue weighted by molar-refractivity contribution is 9.10. The Hall–Kier alpha value is -1.86. The Bertz CT molecular complexity index is 847. The molecule has 3 rings (SSSR count). The zero-order valence-corrected chi connectivity index (χ0v) is 16.4. The summed E-state index contributed by atoms with van der Waals surface area (Å²) >= 11 is 4.83. The number of amides is 2. The van der Waals surface area contributed by atoms with Crippen molar-refractivity contribution in [2.75, 3.05) is 12.4 Å². The molecule has 1 aliphatic carbocycles. The number of ether oxygens (including phenoxy) is 1. The van der Waals surface area contributed by atoms with E-state index in [0.29, 0.717) is 32.3 Å². The van der Waals surface area contributed by atoms with Crippen molar-refractivity contribution in [3.63, 3.8) is 0 Å². The molecule has 1 atom stereocenters. The predicted octanol–water partition coefficient (Wildman–Crippen LogP) is 4.00. The van der Waals surface area contributed by atoms with Crippen LogP contribution >= 0.6 is 27.3 Å². The van der Waals surface area contributed by atoms with Gasteiger partial charge in [-0.3, -0.25) is 9.59 Å². The van der Waals surface area contributed by atoms with Crippen LogP contribution in [0.25, 0.3) is 0 Å². The lowest BCUT2D eigenvalue weighted by molar-refractivity contribution is 0.1000. The minimum Gasteiger partial charge on any atom is -0.496 e. The molecule has 1 aromatic carbocycles. The summed E-state index contributed by atoms with van der Waals surface area (Å²) in [6.07, 6.45) is 2.78. The number of nitrogens with two attached hydrogens (primary N) is 1. The second-order valence-electron chi connectivity index (χ2n) is 6.22. The van der Waals surface area contributed by atoms with Gasteiger partial charge in [0.15, 0.2) is 0 Å². The number of benzene rings is 1. The SMILES string of the molecule is COc1ccc(C(=O)Nc2sc3c(c2C(N)=O)CC[C@@H](C)C3)cc1Br. The van der Waals surface area contributed by atoms with Crippen LogP contribution < -0.4 is 15.8 Å². The minimum atomic E-state index is -0.488. The molecule has 2 aromatic rings. The zero-order valence-electron chi connectivity index (χ0n) is 14.0. The van der Waals surface area contributed by atoms with E-state index in [2.05, 4.69) is 28.2 Å². The lowest BCUT2D eigenvalue weighted by Crippen LogP contribution is -2.19. The fourth-order valence-electron chi connectivity index (χ4n) is 3.08. The Morgan fingerprint density at radius 1 is 1.40 bits per heavy atom. The zero-order chi connectivity index (χ0) is 18.1. The van der Waals surface area contributed by atoms with E-state index in [1.807, 2.05) is 0 Å². The Labute approximate surface area is 158 Å². The van der Waals surface area contributed by atoms with Gasteiger partial charge in [0.25, 0.3) is 11.8 Å². The molecule has 0 unspecified atom stereocenters. The highest BCUT2D eigenvalue weighted by Crippen LogP contribution is 2.39. The summed E-state index contributed by atoms with van der Waals surface area (Å²) in [5.74, 6) is 0.457. The molecule has 0 fully saturated rings. The van der Waals surface area contributed by atoms with Crippen LogP contribution in [-0.2, 0) is 12.8 Å². The van der Waals surface area contributed by atoms with Gasteiger partial charge in [0.05, 0.1) is 17.1 Å². The van der Waals surface area contributed by atoms with Crippen LogP contribution in [0.1, 0.15) is 44.5 Å². The summed E-state index contributed by atoms with van der Waals surface area (Å²) in [6.45, 7) is 2.19. The van der Waals surface area contributed by atoms with Crippen molar-refractivity contribution in [3.05, 3.63) is 44.2 Å². The van der Waals surface area contributed by atoms with Crippen molar-refractivity contribution in [1.29, 1.82) is 0 Å². The molecule has 0 aliphatic heterocycles. The van der Waals surface area contributed by atoms with E-state index in [4.69, 9.17) is 10.5 Å². The van der Waals surface area contributed by atoms with Crippen LogP contribution in [0.2, 0.25) is 0 Å². The Morgan fingerprint density at radius 2 is 2.16 bits per heavy atom. The fraction of sp³-hybridized carbons (Fsp3) is 0.333. The Morgan fingerprint density at radius 3 is 2.80 bits per heavy atom. The molecule has 2 amide bonds. The van der Waals surface area contributed by atoms with E-state index in [1.165, 1.54) is 11.3 Å². The molecule has 0 saturated heterocycles. The summed E-state index contributed by atoms with van der Waals surface area (Å²) < 4.78 is 5.87. The second-order valence-corrected chi connectivity index (χ2v) is 8.18. The van der Waals surface area contributed by atoms with Gasteiger partial charge in [0.1, 0.15) is 10.8 Å². The van der Waals surface area contributed by atoms with Gasteiger partial charge in [-0.1, -0.05) is 6.92 Å². The molecule has 1 aliphatic rings. The number of anilines is 1. The molecule has 1 heterocycles. The number of fused-ring (bicyclic) bond motifs is 1. The average Bonchev–Trinajstić information content (AvgIpc) is 2.91. The number of carbonyl (C=O) groups is 2. The Balaban J connectivity index is 1.91. The van der Waals surface area contributed by atoms with Crippen LogP contribution in [0.15, 0.2) is 22.7 Å². The third-order valence-electron chi connectivity index (χ3n) is 4.40. The largest absolute Gasteiger partial charge is 0.496 e. The average molecular weight is 423 g/mol. The first-order chi connectivity index (χ1) is 11.9. The molecule has 0 spiro atoms. The second kappa shape index (κ2) is 7.17. The molecule has 25 heavy (non-hydrogen) atoms. The van der Waals surface area contributed by atoms with Crippen LogP contribution in [0.5, 0.6) is 5.75 Å². The first-order valence-electron chi connectivity index (χ1n) is 8.00. The smallest absolute Gasteiger partial charge is 0.256 e. The number of rotatable bonds is 4. The molecule has 1 aromatic heterocycles. The van der Waals surface area contributed by atoms with E-state index in [1.54, 1.807) is 25.3 Å². The standard InChI is InChI=1S/C18H19BrN2O3S/c1-9-3-5-11-14(7-9)25-18(15(11)16(20)22)21-17(23)10-4-6-13(24-2)12(19)8-10/h4,6,8-9H,3,5,7H2,1-2H3,(H2,20,22)(H,21,23)/t9-/m1/s1. The summed E-state index contributed by atoms with van der Waals surface area (Å²) in [7, 11) is 1.57. The van der Waals surface area contributed by atoms with Gasteiger partial charge in [-0.25, -0.2) is 0 Å². The van der Waals surface area contributed by atoms with E-state index in [0.717, 1.165) is 29.7 Å². The van der Waals surface area contributed by atoms with Crippen LogP contribution in [0, 0.1) is 5.92 Å². The number of hydrogen-bond acceptors (Lipinski definition) is 4.